The summed E-state index contributed by atoms with van der Waals surface area (Å²) in [6.45, 7) is 5.64. The molecule has 1 aliphatic carbocycles. The number of nitrogens with zero attached hydrogens (tertiary/aromatic N) is 1. The van der Waals surface area contributed by atoms with Gasteiger partial charge in [-0.3, -0.25) is 9.29 Å². The van der Waals surface area contributed by atoms with Crippen molar-refractivity contribution in [2.45, 2.75) is 63.5 Å². The Morgan fingerprint density at radius 3 is 2.71 bits per heavy atom. The van der Waals surface area contributed by atoms with Crippen LogP contribution in [0.4, 0.5) is 4.39 Å². The maximum atomic E-state index is 12.1. The summed E-state index contributed by atoms with van der Waals surface area (Å²) in [6.07, 6.45) is 8.44. The summed E-state index contributed by atoms with van der Waals surface area (Å²) in [7, 11) is 0. The van der Waals surface area contributed by atoms with Crippen LogP contribution in [0.2, 0.25) is 0 Å². The average Bonchev–Trinajstić information content (AvgIpc) is 2.79. The molecule has 0 radical (unpaired) electrons. The molecule has 1 aliphatic heterocycles. The van der Waals surface area contributed by atoms with E-state index >= 15 is 0 Å². The first kappa shape index (κ1) is 13.3. The number of alkyl halides is 1. The number of piperazine rings is 1. The minimum Gasteiger partial charge on any atom is -0.311 e. The Hall–Kier alpha value is -0.150. The summed E-state index contributed by atoms with van der Waals surface area (Å²) in [5, 5.41) is 3.64. The predicted octanol–water partition coefficient (Wildman–Crippen LogP) is 2.73. The first-order valence-corrected chi connectivity index (χ1v) is 7.31. The third-order valence-corrected chi connectivity index (χ3v) is 4.54. The van der Waals surface area contributed by atoms with Crippen molar-refractivity contribution >= 4 is 0 Å². The summed E-state index contributed by atoms with van der Waals surface area (Å²) >= 11 is 0. The average molecular weight is 242 g/mol. The highest BCUT2D eigenvalue weighted by atomic mass is 19.1. The molecule has 1 unspecified atom stereocenters. The number of hydrogen-bond donors (Lipinski definition) is 1. The molecule has 2 aliphatic rings. The zero-order chi connectivity index (χ0) is 12.1. The van der Waals surface area contributed by atoms with Gasteiger partial charge in [0.05, 0.1) is 6.67 Å². The minimum absolute atomic E-state index is 0.150. The van der Waals surface area contributed by atoms with Gasteiger partial charge in [0.2, 0.25) is 0 Å². The highest BCUT2D eigenvalue weighted by molar-refractivity contribution is 5.00. The molecule has 0 bridgehead atoms. The Kier molecular flexibility index (Phi) is 4.80. The lowest BCUT2D eigenvalue weighted by atomic mass is 9.91. The topological polar surface area (TPSA) is 15.3 Å². The molecule has 100 valence electrons. The van der Waals surface area contributed by atoms with Crippen LogP contribution in [0.3, 0.4) is 0 Å². The van der Waals surface area contributed by atoms with Crippen molar-refractivity contribution in [3.8, 4) is 0 Å². The summed E-state index contributed by atoms with van der Waals surface area (Å²) in [5.41, 5.74) is 0.447. The third-order valence-electron chi connectivity index (χ3n) is 4.54. The zero-order valence-electron chi connectivity index (χ0n) is 11.2. The van der Waals surface area contributed by atoms with Gasteiger partial charge in [-0.05, 0) is 45.6 Å². The molecule has 1 saturated heterocycles. The van der Waals surface area contributed by atoms with Gasteiger partial charge in [-0.25, -0.2) is 0 Å². The molecule has 1 heterocycles. The second-order valence-corrected chi connectivity index (χ2v) is 5.91. The number of nitrogens with one attached hydrogen (secondary N) is 1. The van der Waals surface area contributed by atoms with Crippen LogP contribution in [0, 0.1) is 0 Å². The van der Waals surface area contributed by atoms with Crippen LogP contribution < -0.4 is 5.32 Å². The lowest BCUT2D eigenvalue weighted by Crippen LogP contribution is -2.62. The summed E-state index contributed by atoms with van der Waals surface area (Å²) in [4.78, 5) is 2.71. The maximum absolute atomic E-state index is 12.1. The monoisotopic (exact) mass is 242 g/mol. The molecule has 0 aromatic carbocycles. The van der Waals surface area contributed by atoms with Crippen molar-refractivity contribution in [1.82, 2.24) is 10.2 Å². The van der Waals surface area contributed by atoms with Gasteiger partial charge in [-0.1, -0.05) is 12.8 Å². The summed E-state index contributed by atoms with van der Waals surface area (Å²) in [5.74, 6) is 0. The molecule has 1 spiro atoms. The second kappa shape index (κ2) is 6.14. The van der Waals surface area contributed by atoms with E-state index in [9.17, 15) is 4.39 Å². The molecule has 0 aromatic rings. The van der Waals surface area contributed by atoms with Gasteiger partial charge in [0, 0.05) is 24.7 Å². The molecule has 0 amide bonds. The van der Waals surface area contributed by atoms with E-state index in [1.54, 1.807) is 0 Å². The second-order valence-electron chi connectivity index (χ2n) is 5.91. The van der Waals surface area contributed by atoms with E-state index in [1.165, 1.54) is 45.2 Å². The molecule has 17 heavy (non-hydrogen) atoms. The van der Waals surface area contributed by atoms with Crippen LogP contribution in [0.25, 0.3) is 0 Å². The lowest BCUT2D eigenvalue weighted by Gasteiger charge is -2.48. The number of unbranched alkanes of at least 4 members (excludes halogenated alkanes) is 2. The maximum Gasteiger partial charge on any atom is 0.0894 e. The first-order chi connectivity index (χ1) is 8.27. The van der Waals surface area contributed by atoms with Gasteiger partial charge < -0.3 is 5.32 Å². The van der Waals surface area contributed by atoms with Crippen LogP contribution in [0.15, 0.2) is 0 Å². The van der Waals surface area contributed by atoms with E-state index in [2.05, 4.69) is 17.1 Å². The number of halogens is 1. The molecule has 2 nitrogen and oxygen atoms in total. The fourth-order valence-electron chi connectivity index (χ4n) is 3.49. The standard InChI is InChI=1S/C14H27FN2/c1-13-11-17(10-6-2-5-9-15)14(12-16-13)7-3-4-8-14/h13,16H,2-12H2,1H3. The molecule has 2 rings (SSSR count). The van der Waals surface area contributed by atoms with Crippen LogP contribution >= 0.6 is 0 Å². The lowest BCUT2D eigenvalue weighted by molar-refractivity contribution is 0.0449. The van der Waals surface area contributed by atoms with Gasteiger partial charge in [-0.15, -0.1) is 0 Å². The Morgan fingerprint density at radius 2 is 2.00 bits per heavy atom. The number of hydrogen-bond acceptors (Lipinski definition) is 2. The highest BCUT2D eigenvalue weighted by Gasteiger charge is 2.42. The Labute approximate surface area is 105 Å². The van der Waals surface area contributed by atoms with Gasteiger partial charge >= 0.3 is 0 Å². The Morgan fingerprint density at radius 1 is 1.24 bits per heavy atom. The van der Waals surface area contributed by atoms with E-state index in [0.717, 1.165) is 19.4 Å². The van der Waals surface area contributed by atoms with Crippen molar-refractivity contribution in [3.63, 3.8) is 0 Å². The van der Waals surface area contributed by atoms with Gasteiger partial charge in [0.15, 0.2) is 0 Å². The largest absolute Gasteiger partial charge is 0.311 e. The molecule has 1 saturated carbocycles. The molecular weight excluding hydrogens is 215 g/mol. The van der Waals surface area contributed by atoms with Crippen molar-refractivity contribution in [1.29, 1.82) is 0 Å². The smallest absolute Gasteiger partial charge is 0.0894 e. The Bertz CT molecular complexity index is 226. The van der Waals surface area contributed by atoms with Crippen molar-refractivity contribution in [3.05, 3.63) is 0 Å². The first-order valence-electron chi connectivity index (χ1n) is 7.31. The van der Waals surface area contributed by atoms with Crippen LogP contribution in [-0.4, -0.2) is 42.8 Å². The van der Waals surface area contributed by atoms with E-state index in [4.69, 9.17) is 0 Å². The van der Waals surface area contributed by atoms with Crippen molar-refractivity contribution in [2.24, 2.45) is 0 Å². The minimum atomic E-state index is -0.150. The summed E-state index contributed by atoms with van der Waals surface area (Å²) in [6, 6.07) is 0.613. The molecule has 0 aromatic heterocycles. The fourth-order valence-corrected chi connectivity index (χ4v) is 3.49. The SMILES string of the molecule is CC1CN(CCCCCF)C2(CCCC2)CN1. The normalized spacial score (nSPS) is 28.9. The molecule has 2 fully saturated rings. The molecule has 3 heteroatoms. The molecule has 1 atom stereocenters. The van der Waals surface area contributed by atoms with Crippen molar-refractivity contribution < 1.29 is 4.39 Å². The molecule has 1 N–H and O–H groups in total. The van der Waals surface area contributed by atoms with E-state index in [1.807, 2.05) is 0 Å². The van der Waals surface area contributed by atoms with Gasteiger partial charge in [-0.2, -0.15) is 0 Å². The van der Waals surface area contributed by atoms with Gasteiger partial charge in [0.25, 0.3) is 0 Å². The number of rotatable bonds is 5. The van der Waals surface area contributed by atoms with Crippen LogP contribution in [0.1, 0.15) is 51.9 Å². The van der Waals surface area contributed by atoms with E-state index in [-0.39, 0.29) is 6.67 Å². The van der Waals surface area contributed by atoms with E-state index in [0.29, 0.717) is 11.6 Å². The van der Waals surface area contributed by atoms with Crippen LogP contribution in [-0.2, 0) is 0 Å². The van der Waals surface area contributed by atoms with Gasteiger partial charge in [0.1, 0.15) is 0 Å². The van der Waals surface area contributed by atoms with E-state index < -0.39 is 0 Å². The quantitative estimate of drug-likeness (QED) is 0.746. The summed E-state index contributed by atoms with van der Waals surface area (Å²) < 4.78 is 12.1. The van der Waals surface area contributed by atoms with Crippen LogP contribution in [0.5, 0.6) is 0 Å². The zero-order valence-corrected chi connectivity index (χ0v) is 11.2. The highest BCUT2D eigenvalue weighted by Crippen LogP contribution is 2.36. The third kappa shape index (κ3) is 3.19. The molecular formula is C14H27FN2. The van der Waals surface area contributed by atoms with Crippen molar-refractivity contribution in [2.75, 3.05) is 26.3 Å². The Balaban J connectivity index is 1.85. The predicted molar refractivity (Wildman–Crippen MR) is 70.1 cm³/mol. The fraction of sp³-hybridized carbons (Fsp3) is 1.00.